The van der Waals surface area contributed by atoms with E-state index in [4.69, 9.17) is 37.4 Å². The average molecular weight is 784 g/mol. The van der Waals surface area contributed by atoms with Crippen LogP contribution >= 0.6 is 23.2 Å². The predicted octanol–water partition coefficient (Wildman–Crippen LogP) is 5.96. The molecule has 0 bridgehead atoms. The smallest absolute Gasteiger partial charge is 0.387 e. The normalized spacial score (nSPS) is 15.9. The van der Waals surface area contributed by atoms with Gasteiger partial charge in [-0.25, -0.2) is 8.42 Å². The van der Waals surface area contributed by atoms with Crippen LogP contribution in [0.4, 0.5) is 14.5 Å². The monoisotopic (exact) mass is 782 g/mol. The lowest BCUT2D eigenvalue weighted by Gasteiger charge is -2.26. The number of hydrogen-bond acceptors (Lipinski definition) is 9. The van der Waals surface area contributed by atoms with Crippen molar-refractivity contribution in [1.29, 1.82) is 0 Å². The van der Waals surface area contributed by atoms with E-state index >= 15 is 0 Å². The van der Waals surface area contributed by atoms with Crippen molar-refractivity contribution in [2.24, 2.45) is 5.92 Å². The highest BCUT2D eigenvalue weighted by molar-refractivity contribution is 7.92. The van der Waals surface area contributed by atoms with Gasteiger partial charge in [0.1, 0.15) is 22.7 Å². The molecule has 0 unspecified atom stereocenters. The lowest BCUT2D eigenvalue weighted by Crippen LogP contribution is -2.37. The maximum absolute atomic E-state index is 13.6. The fraction of sp³-hybridized carbons (Fsp3) is 0.429. The highest BCUT2D eigenvalue weighted by Crippen LogP contribution is 2.38. The number of ether oxygens (including phenoxy) is 4. The summed E-state index contributed by atoms with van der Waals surface area (Å²) >= 11 is 12.8. The molecule has 1 aliphatic heterocycles. The van der Waals surface area contributed by atoms with Crippen LogP contribution in [0.2, 0.25) is 10.0 Å². The predicted molar refractivity (Wildman–Crippen MR) is 190 cm³/mol. The number of benzene rings is 2. The number of alkyl halides is 2. The van der Waals surface area contributed by atoms with Gasteiger partial charge in [-0.2, -0.15) is 13.5 Å². The highest BCUT2D eigenvalue weighted by Gasteiger charge is 2.27. The molecule has 0 spiro atoms. The Morgan fingerprint density at radius 3 is 2.54 bits per heavy atom. The number of esters is 1. The summed E-state index contributed by atoms with van der Waals surface area (Å²) in [6.07, 6.45) is 5.17. The molecule has 4 aromatic rings. The lowest BCUT2D eigenvalue weighted by molar-refractivity contribution is -0.605. The first-order valence-corrected chi connectivity index (χ1v) is 19.2. The number of carbonyl (C=O) groups excluding carboxylic acids is 1. The molecule has 2 aromatic carbocycles. The number of hydrogen-bond donors (Lipinski definition) is 1. The number of rotatable bonds is 17. The molecular weight excluding hydrogens is 745 g/mol. The van der Waals surface area contributed by atoms with Crippen molar-refractivity contribution in [3.05, 3.63) is 87.4 Å². The van der Waals surface area contributed by atoms with Gasteiger partial charge >= 0.3 is 12.6 Å². The van der Waals surface area contributed by atoms with E-state index in [0.29, 0.717) is 71.2 Å². The van der Waals surface area contributed by atoms with Crippen LogP contribution in [0.15, 0.2) is 61.1 Å². The van der Waals surface area contributed by atoms with Gasteiger partial charge in [-0.1, -0.05) is 35.3 Å². The van der Waals surface area contributed by atoms with E-state index in [0.717, 1.165) is 38.3 Å². The van der Waals surface area contributed by atoms with E-state index < -0.39 is 28.7 Å². The summed E-state index contributed by atoms with van der Waals surface area (Å²) in [6, 6.07) is 11.1. The molecule has 3 heterocycles. The summed E-state index contributed by atoms with van der Waals surface area (Å²) < 4.78 is 79.0. The number of aromatic nitrogens is 2. The molecule has 1 saturated carbocycles. The molecule has 12 nitrogen and oxygen atoms in total. The van der Waals surface area contributed by atoms with Crippen LogP contribution < -0.4 is 18.9 Å². The highest BCUT2D eigenvalue weighted by atomic mass is 35.5. The number of sulfonamides is 1. The van der Waals surface area contributed by atoms with Crippen molar-refractivity contribution in [3.8, 4) is 11.5 Å². The lowest BCUT2D eigenvalue weighted by atomic mass is 10.0. The number of nitrogens with zero attached hydrogens (tertiary/aromatic N) is 3. The van der Waals surface area contributed by atoms with Crippen LogP contribution in [-0.2, 0) is 37.3 Å². The zero-order valence-corrected chi connectivity index (χ0v) is 30.3. The van der Waals surface area contributed by atoms with Crippen molar-refractivity contribution in [3.63, 3.8) is 0 Å². The fourth-order valence-electron chi connectivity index (χ4n) is 5.97. The van der Waals surface area contributed by atoms with E-state index in [2.05, 4.69) is 14.4 Å². The molecule has 2 aromatic heterocycles. The Kier molecular flexibility index (Phi) is 12.3. The first-order valence-electron chi connectivity index (χ1n) is 16.8. The largest absolute Gasteiger partial charge is 0.619 e. The minimum absolute atomic E-state index is 0.0406. The minimum Gasteiger partial charge on any atom is -0.619 e. The Hall–Kier alpha value is -3.89. The van der Waals surface area contributed by atoms with Crippen LogP contribution in [0.25, 0.3) is 10.9 Å². The molecule has 52 heavy (non-hydrogen) atoms. The fourth-order valence-corrected chi connectivity index (χ4v) is 7.69. The second kappa shape index (κ2) is 16.8. The Bertz CT molecular complexity index is 1970. The summed E-state index contributed by atoms with van der Waals surface area (Å²) in [4.78, 5) is 15.8. The number of morpholine rings is 1. The molecular formula is C35H38Cl2F2N4O8S. The van der Waals surface area contributed by atoms with Gasteiger partial charge < -0.3 is 28.7 Å². The molecule has 6 rings (SSSR count). The Balaban J connectivity index is 1.20. The zero-order valence-electron chi connectivity index (χ0n) is 28.0. The first kappa shape index (κ1) is 37.9. The summed E-state index contributed by atoms with van der Waals surface area (Å²) in [5.41, 5.74) is 1.67. The minimum atomic E-state index is -3.66. The van der Waals surface area contributed by atoms with Crippen molar-refractivity contribution in [1.82, 2.24) is 9.47 Å². The van der Waals surface area contributed by atoms with Gasteiger partial charge in [0.2, 0.25) is 10.0 Å². The summed E-state index contributed by atoms with van der Waals surface area (Å²) in [7, 11) is -3.66. The molecule has 17 heteroatoms. The third kappa shape index (κ3) is 10.2. The maximum Gasteiger partial charge on any atom is 0.387 e. The SMILES string of the molecule is O=C(Cn1ccc2c(NS(=O)(=O)CCCN3CCOCC3)cccc21)O[C@@H](Cc1c(Cl)c[n+]([O-])cc1Cl)c1ccc(OC(F)F)c(OCC2CC2)c1. The van der Waals surface area contributed by atoms with Gasteiger partial charge in [-0.05, 0) is 67.6 Å². The van der Waals surface area contributed by atoms with Crippen molar-refractivity contribution < 1.29 is 45.7 Å². The quantitative estimate of drug-likeness (QED) is 0.0782. The molecule has 1 atom stereocenters. The van der Waals surface area contributed by atoms with E-state index in [1.807, 2.05) is 0 Å². The van der Waals surface area contributed by atoms with E-state index in [1.54, 1.807) is 35.0 Å². The van der Waals surface area contributed by atoms with Gasteiger partial charge in [0, 0.05) is 36.7 Å². The second-order valence-electron chi connectivity index (χ2n) is 12.7. The number of anilines is 1. The third-order valence-corrected chi connectivity index (χ3v) is 10.8. The molecule has 1 saturated heterocycles. The molecule has 280 valence electrons. The average Bonchev–Trinajstić information content (AvgIpc) is 3.84. The Morgan fingerprint density at radius 2 is 1.83 bits per heavy atom. The van der Waals surface area contributed by atoms with Gasteiger partial charge in [0.25, 0.3) is 0 Å². The Labute approximate surface area is 309 Å². The summed E-state index contributed by atoms with van der Waals surface area (Å²) in [5.74, 6) is -0.532. The molecule has 0 radical (unpaired) electrons. The van der Waals surface area contributed by atoms with Crippen LogP contribution in [0.1, 0.15) is 36.5 Å². The van der Waals surface area contributed by atoms with E-state index in [9.17, 15) is 27.2 Å². The number of halogens is 4. The van der Waals surface area contributed by atoms with Crippen LogP contribution in [-0.4, -0.2) is 75.7 Å². The summed E-state index contributed by atoms with van der Waals surface area (Å²) in [5, 5.41) is 12.6. The second-order valence-corrected chi connectivity index (χ2v) is 15.4. The molecule has 1 N–H and O–H groups in total. The van der Waals surface area contributed by atoms with Gasteiger partial charge in [-0.3, -0.25) is 14.4 Å². The zero-order chi connectivity index (χ0) is 36.8. The van der Waals surface area contributed by atoms with Crippen LogP contribution in [0, 0.1) is 11.1 Å². The topological polar surface area (TPSA) is 135 Å². The molecule has 2 fully saturated rings. The molecule has 1 aliphatic carbocycles. The Morgan fingerprint density at radius 1 is 1.08 bits per heavy atom. The first-order chi connectivity index (χ1) is 24.9. The number of nitrogens with one attached hydrogen (secondary N) is 1. The van der Waals surface area contributed by atoms with Gasteiger partial charge in [-0.15, -0.1) is 0 Å². The van der Waals surface area contributed by atoms with Crippen molar-refractivity contribution >= 4 is 55.8 Å². The number of fused-ring (bicyclic) bond motifs is 1. The number of pyridine rings is 1. The van der Waals surface area contributed by atoms with Crippen LogP contribution in [0.3, 0.4) is 0 Å². The third-order valence-electron chi connectivity index (χ3n) is 8.82. The van der Waals surface area contributed by atoms with E-state index in [1.165, 1.54) is 18.2 Å². The molecule has 2 aliphatic rings. The standard InChI is InChI=1S/C35H38Cl2F2N4O8S/c36-27-19-43(45)20-28(37)26(27)18-32(24-7-8-31(51-35(38)39)33(17-24)49-22-23-5-6-23)50-34(44)21-42-11-9-25-29(3-1-4-30(25)42)40-52(46,47)16-2-10-41-12-14-48-15-13-41/h1,3-4,7-9,11,17,19-20,23,32,35,40H,2,5-6,10,12-16,18,21-22H2/t32-/m0/s1. The van der Waals surface area contributed by atoms with Gasteiger partial charge in [0.15, 0.2) is 23.9 Å². The van der Waals surface area contributed by atoms with Crippen LogP contribution in [0.5, 0.6) is 11.5 Å². The maximum atomic E-state index is 13.6. The van der Waals surface area contributed by atoms with Gasteiger partial charge in [0.05, 0.1) is 36.8 Å². The van der Waals surface area contributed by atoms with Crippen molar-refractivity contribution in [2.45, 2.75) is 44.9 Å². The molecule has 0 amide bonds. The van der Waals surface area contributed by atoms with Crippen molar-refractivity contribution in [2.75, 3.05) is 49.9 Å². The number of carbonyl (C=O) groups is 1. The van der Waals surface area contributed by atoms with E-state index in [-0.39, 0.29) is 40.3 Å². The summed E-state index contributed by atoms with van der Waals surface area (Å²) in [6.45, 7) is 0.435.